The molecule has 0 spiro atoms. The van der Waals surface area contributed by atoms with Crippen LogP contribution in [0, 0.1) is 6.92 Å². The van der Waals surface area contributed by atoms with E-state index in [0.717, 1.165) is 0 Å². The van der Waals surface area contributed by atoms with Crippen molar-refractivity contribution in [2.24, 2.45) is 0 Å². The zero-order valence-electron chi connectivity index (χ0n) is 16.8. The first-order chi connectivity index (χ1) is 15.7. The van der Waals surface area contributed by atoms with E-state index in [0.29, 0.717) is 0 Å². The average molecular weight is 591 g/mol. The number of anilines is 3. The van der Waals surface area contributed by atoms with Crippen LogP contribution in [0.25, 0.3) is 0 Å². The molecule has 35 heavy (non-hydrogen) atoms. The number of halogens is 13. The number of fused-ring (bicyclic) bond motifs is 1. The number of carbonyl (C=O) groups is 1. The van der Waals surface area contributed by atoms with Crippen molar-refractivity contribution >= 4 is 39.4 Å². The number of aryl methyl sites for hydroxylation is 1. The van der Waals surface area contributed by atoms with Crippen molar-refractivity contribution in [3.63, 3.8) is 0 Å². The summed E-state index contributed by atoms with van der Waals surface area (Å²) in [6, 6.07) is 4.99. The van der Waals surface area contributed by atoms with E-state index in [1.165, 1.54) is 22.3 Å². The zero-order chi connectivity index (χ0) is 27.2. The number of carbonyl (C=O) groups excluding carboxylic acids is 1. The Bertz CT molecular complexity index is 1090. The van der Waals surface area contributed by atoms with Gasteiger partial charge in [-0.2, -0.15) is 48.3 Å². The van der Waals surface area contributed by atoms with E-state index in [4.69, 9.17) is 0 Å². The number of nitrogens with one attached hydrogen (secondary N) is 2. The minimum Gasteiger partial charge on any atom is -0.352 e. The molecule has 0 aliphatic carbocycles. The quantitative estimate of drug-likeness (QED) is 0.184. The topological polar surface area (TPSA) is 51.0 Å². The van der Waals surface area contributed by atoms with Gasteiger partial charge in [0.05, 0.1) is 22.6 Å². The first-order valence-electron chi connectivity index (χ1n) is 8.88. The summed E-state index contributed by atoms with van der Waals surface area (Å²) in [6.45, 7) is 2.11. The number of alkyl halides is 12. The molecule has 2 aromatic carbocycles. The zero-order valence-corrected chi connectivity index (χ0v) is 18.4. The Kier molecular flexibility index (Phi) is 7.43. The van der Waals surface area contributed by atoms with Crippen LogP contribution >= 0.6 is 15.9 Å². The molecular weight excluding hydrogens is 580 g/mol. The first-order valence-corrected chi connectivity index (χ1v) is 9.67. The molecule has 0 unspecified atom stereocenters. The van der Waals surface area contributed by atoms with Gasteiger partial charge in [-0.1, -0.05) is 12.1 Å². The van der Waals surface area contributed by atoms with E-state index < -0.39 is 63.9 Å². The largest absolute Gasteiger partial charge is 0.458 e. The number of rotatable bonds is 4. The lowest BCUT2D eigenvalue weighted by molar-refractivity contribution is -0.348. The van der Waals surface area contributed by atoms with Gasteiger partial charge in [0, 0.05) is 10.0 Å². The Balaban J connectivity index is 0.000000445. The molecular formula is C19H11BrF12N2O. The lowest BCUT2D eigenvalue weighted by atomic mass is 9.90. The van der Waals surface area contributed by atoms with Gasteiger partial charge in [0.2, 0.25) is 6.41 Å². The Morgan fingerprint density at radius 3 is 1.80 bits per heavy atom. The molecule has 0 atom stereocenters. The summed E-state index contributed by atoms with van der Waals surface area (Å²) in [5.74, 6) is -6.03. The minimum atomic E-state index is -6.75. The van der Waals surface area contributed by atoms with Gasteiger partial charge in [0.1, 0.15) is 0 Å². The van der Waals surface area contributed by atoms with Gasteiger partial charge >= 0.3 is 30.1 Å². The Hall–Kier alpha value is -2.65. The lowest BCUT2D eigenvalue weighted by Crippen LogP contribution is -2.50. The molecule has 1 heterocycles. The van der Waals surface area contributed by atoms with E-state index >= 15 is 0 Å². The third kappa shape index (κ3) is 5.30. The molecule has 2 N–H and O–H groups in total. The van der Waals surface area contributed by atoms with Crippen LogP contribution in [0.5, 0.6) is 0 Å². The van der Waals surface area contributed by atoms with Crippen molar-refractivity contribution in [2.45, 2.75) is 37.0 Å². The first kappa shape index (κ1) is 28.6. The van der Waals surface area contributed by atoms with Gasteiger partial charge in [-0.3, -0.25) is 4.79 Å². The van der Waals surface area contributed by atoms with Crippen molar-refractivity contribution in [2.75, 3.05) is 10.6 Å². The Morgan fingerprint density at radius 1 is 0.857 bits per heavy atom. The highest BCUT2D eigenvalue weighted by Crippen LogP contribution is 2.56. The highest BCUT2D eigenvalue weighted by atomic mass is 79.9. The Morgan fingerprint density at radius 2 is 1.40 bits per heavy atom. The smallest absolute Gasteiger partial charge is 0.352 e. The maximum atomic E-state index is 14.0. The molecule has 2 aromatic rings. The molecule has 16 heteroatoms. The standard InChI is InChI=1S/C12H4BrF12NO.C7H7N/c13-6-2-4(8(14,10(17,18)19)11(20,21)22)1-5(7(6)26-3-27)9(15,16)12(23,24)25;1-5-3-2-4-6-7(5)8-6/h1-3H,(H,26,27);2-4,8H,1H3. The van der Waals surface area contributed by atoms with Crippen LogP contribution in [0.15, 0.2) is 34.8 Å². The second kappa shape index (κ2) is 9.09. The molecule has 1 aliphatic rings. The van der Waals surface area contributed by atoms with Crippen molar-refractivity contribution in [3.05, 3.63) is 51.5 Å². The minimum absolute atomic E-state index is 0.317. The molecule has 3 nitrogen and oxygen atoms in total. The number of hydrogen-bond acceptors (Lipinski definition) is 2. The molecule has 0 saturated heterocycles. The summed E-state index contributed by atoms with van der Waals surface area (Å²) < 4.78 is 154. The van der Waals surface area contributed by atoms with Crippen LogP contribution in [0.1, 0.15) is 16.7 Å². The maximum Gasteiger partial charge on any atom is 0.458 e. The van der Waals surface area contributed by atoms with Crippen molar-refractivity contribution in [1.82, 2.24) is 0 Å². The summed E-state index contributed by atoms with van der Waals surface area (Å²) in [6.07, 6.45) is -20.5. The number of para-hydroxylation sites is 1. The molecule has 0 radical (unpaired) electrons. The SMILES string of the molecule is Cc1cccc2c1N2.O=CNc1c(Br)cc(C(F)(C(F)(F)F)C(F)(F)F)cc1C(F)(F)C(F)(F)F. The fourth-order valence-electron chi connectivity index (χ4n) is 2.81. The van der Waals surface area contributed by atoms with Crippen molar-refractivity contribution in [3.8, 4) is 0 Å². The monoisotopic (exact) mass is 590 g/mol. The third-order valence-electron chi connectivity index (χ3n) is 4.64. The van der Waals surface area contributed by atoms with Gasteiger partial charge < -0.3 is 10.6 Å². The molecule has 0 fully saturated rings. The molecule has 3 rings (SSSR count). The van der Waals surface area contributed by atoms with Crippen LogP contribution in [-0.2, 0) is 16.4 Å². The predicted molar refractivity (Wildman–Crippen MR) is 103 cm³/mol. The third-order valence-corrected chi connectivity index (χ3v) is 5.26. The summed E-state index contributed by atoms with van der Waals surface area (Å²) in [4.78, 5) is 10.4. The molecule has 0 aromatic heterocycles. The van der Waals surface area contributed by atoms with Crippen LogP contribution in [0.2, 0.25) is 0 Å². The molecule has 1 aliphatic heterocycles. The fourth-order valence-corrected chi connectivity index (χ4v) is 3.39. The molecule has 194 valence electrons. The van der Waals surface area contributed by atoms with E-state index in [9.17, 15) is 57.5 Å². The van der Waals surface area contributed by atoms with Gasteiger partial charge in [0.25, 0.3) is 0 Å². The fraction of sp³-hybridized carbons (Fsp3) is 0.316. The van der Waals surface area contributed by atoms with Gasteiger partial charge in [0.15, 0.2) is 0 Å². The average Bonchev–Trinajstić information content (AvgIpc) is 3.48. The Labute approximate surface area is 196 Å². The van der Waals surface area contributed by atoms with Crippen LogP contribution in [-0.4, -0.2) is 24.9 Å². The lowest BCUT2D eigenvalue weighted by Gasteiger charge is -2.32. The van der Waals surface area contributed by atoms with Gasteiger partial charge in [-0.05, 0) is 46.6 Å². The highest BCUT2D eigenvalue weighted by molar-refractivity contribution is 9.10. The number of benzene rings is 2. The molecule has 0 saturated carbocycles. The van der Waals surface area contributed by atoms with Gasteiger partial charge in [-0.25, -0.2) is 4.39 Å². The number of amides is 1. The van der Waals surface area contributed by atoms with Gasteiger partial charge in [-0.15, -0.1) is 0 Å². The van der Waals surface area contributed by atoms with E-state index in [-0.39, 0.29) is 6.07 Å². The second-order valence-electron chi connectivity index (χ2n) is 6.99. The van der Waals surface area contributed by atoms with Crippen molar-refractivity contribution in [1.29, 1.82) is 0 Å². The summed E-state index contributed by atoms with van der Waals surface area (Å²) in [5.41, 5.74) is -8.91. The highest BCUT2D eigenvalue weighted by Gasteiger charge is 2.74. The van der Waals surface area contributed by atoms with Crippen molar-refractivity contribution < 1.29 is 57.5 Å². The van der Waals surface area contributed by atoms with Crippen LogP contribution in [0.3, 0.4) is 0 Å². The van der Waals surface area contributed by atoms with E-state index in [2.05, 4.69) is 46.4 Å². The molecule has 0 bridgehead atoms. The molecule has 1 amide bonds. The number of hydrogen-bond donors (Lipinski definition) is 2. The van der Waals surface area contributed by atoms with Crippen LogP contribution in [0.4, 0.5) is 69.7 Å². The summed E-state index contributed by atoms with van der Waals surface area (Å²) in [7, 11) is 0. The maximum absolute atomic E-state index is 14.0. The van der Waals surface area contributed by atoms with E-state index in [1.807, 2.05) is 0 Å². The normalized spacial score (nSPS) is 13.8. The summed E-state index contributed by atoms with van der Waals surface area (Å²) >= 11 is 2.16. The summed E-state index contributed by atoms with van der Waals surface area (Å²) in [5, 5.41) is 4.44. The van der Waals surface area contributed by atoms with Crippen LogP contribution < -0.4 is 10.6 Å². The predicted octanol–water partition coefficient (Wildman–Crippen LogP) is 8.01. The second-order valence-corrected chi connectivity index (χ2v) is 7.85. The van der Waals surface area contributed by atoms with E-state index in [1.54, 1.807) is 0 Å².